The van der Waals surface area contributed by atoms with E-state index in [0.717, 1.165) is 113 Å². The molecule has 0 saturated heterocycles. The average molecular weight is 1170 g/mol. The number of esters is 2. The number of benzene rings is 9. The molecule has 88 heavy (non-hydrogen) atoms. The fraction of sp³-hybridized carbons (Fsp3) is 0.244. The van der Waals surface area contributed by atoms with E-state index in [9.17, 15) is 39.3 Å². The van der Waals surface area contributed by atoms with E-state index in [1.54, 1.807) is 0 Å². The second-order valence-electron chi connectivity index (χ2n) is 23.0. The zero-order chi connectivity index (χ0) is 61.7. The van der Waals surface area contributed by atoms with Crippen LogP contribution in [0.1, 0.15) is 116 Å². The second-order valence-corrected chi connectivity index (χ2v) is 23.0. The summed E-state index contributed by atoms with van der Waals surface area (Å²) in [4.78, 5) is 60.6. The van der Waals surface area contributed by atoms with Crippen molar-refractivity contribution in [1.29, 1.82) is 0 Å². The highest BCUT2D eigenvalue weighted by molar-refractivity contribution is 5.97. The van der Waals surface area contributed by atoms with Crippen LogP contribution in [-0.2, 0) is 87.2 Å². The number of aryl methyl sites for hydroxylation is 5. The van der Waals surface area contributed by atoms with Crippen LogP contribution in [0.2, 0.25) is 0 Å². The maximum atomic E-state index is 12.5. The minimum atomic E-state index is -0.863. The standard InChI is InChI=1S/3C17H16O2.C16H14O2.C11H12O2/c1-19-16(18)17(14-8-3-2-4-9-14)12-11-13-7-5-6-10-15(13)17;2*18-12-16(19)17(14-7-2-1-3-8-14)11-10-13-6-4-5-9-15(13)17;17-15(18)16(13-7-2-1-3-8-13)11-10-12-6-4-5-9-14(12)16;1-13-11(12)10-7-6-8-4-2-3-5-9(8)10/h2-10H,11-12H2,1H3;2*1-9,18H,10-12H2;1-9H,10-11H2,(H,17,18);2-5,10H,6-7H2,1H3/t;2*17-;;/m.10../s1. The van der Waals surface area contributed by atoms with Crippen molar-refractivity contribution >= 4 is 29.5 Å². The molecule has 0 bridgehead atoms. The minimum absolute atomic E-state index is 0.0267. The third-order valence-corrected chi connectivity index (χ3v) is 18.8. The van der Waals surface area contributed by atoms with Crippen LogP contribution >= 0.6 is 0 Å². The van der Waals surface area contributed by atoms with Crippen molar-refractivity contribution in [3.05, 3.63) is 321 Å². The number of aliphatic carboxylic acids is 1. The van der Waals surface area contributed by atoms with Crippen molar-refractivity contribution in [2.45, 2.75) is 91.8 Å². The number of methoxy groups -OCH3 is 2. The smallest absolute Gasteiger partial charge is 0.320 e. The lowest BCUT2D eigenvalue weighted by molar-refractivity contribution is -0.146. The summed E-state index contributed by atoms with van der Waals surface area (Å²) in [5.41, 5.74) is 12.5. The quantitative estimate of drug-likeness (QED) is 0.106. The third kappa shape index (κ3) is 11.6. The third-order valence-electron chi connectivity index (χ3n) is 18.8. The molecule has 10 heteroatoms. The number of aliphatic hydroxyl groups excluding tert-OH is 2. The minimum Gasteiger partial charge on any atom is -0.480 e. The van der Waals surface area contributed by atoms with Gasteiger partial charge in [0.25, 0.3) is 0 Å². The molecule has 0 amide bonds. The highest BCUT2D eigenvalue weighted by atomic mass is 16.5. The van der Waals surface area contributed by atoms with Crippen LogP contribution < -0.4 is 0 Å². The maximum Gasteiger partial charge on any atom is 0.320 e. The molecule has 446 valence electrons. The van der Waals surface area contributed by atoms with E-state index < -0.39 is 40.8 Å². The predicted molar refractivity (Wildman–Crippen MR) is 341 cm³/mol. The van der Waals surface area contributed by atoms with Gasteiger partial charge in [-0.05, 0) is 142 Å². The molecule has 0 radical (unpaired) electrons. The van der Waals surface area contributed by atoms with E-state index in [1.165, 1.54) is 36.5 Å². The van der Waals surface area contributed by atoms with E-state index in [4.69, 9.17) is 9.47 Å². The van der Waals surface area contributed by atoms with E-state index >= 15 is 0 Å². The number of ketones is 2. The number of carboxylic acids is 1. The van der Waals surface area contributed by atoms with Gasteiger partial charge in [0, 0.05) is 0 Å². The Morgan fingerprint density at radius 2 is 0.659 bits per heavy atom. The van der Waals surface area contributed by atoms with Crippen molar-refractivity contribution in [2.75, 3.05) is 27.4 Å². The summed E-state index contributed by atoms with van der Waals surface area (Å²) in [5.74, 6) is -1.26. The van der Waals surface area contributed by atoms with Gasteiger partial charge in [-0.2, -0.15) is 0 Å². The van der Waals surface area contributed by atoms with Gasteiger partial charge in [0.2, 0.25) is 0 Å². The SMILES string of the molecule is COC(=O)C1(c2ccccc2)CCc2ccccc21.COC(=O)C1CCc2ccccc21.O=C(CO)[C@@]1(c2ccccc2)CCc2ccccc21.O=C(CO)[C@]1(c2ccccc2)CCc2ccccc21.O=C(O)C1(c2ccccc2)CCc2ccccc21. The molecule has 5 aliphatic carbocycles. The van der Waals surface area contributed by atoms with Crippen molar-refractivity contribution in [3.8, 4) is 0 Å². The molecule has 9 aromatic carbocycles. The summed E-state index contributed by atoms with van der Waals surface area (Å²) in [5, 5.41) is 28.6. The summed E-state index contributed by atoms with van der Waals surface area (Å²) < 4.78 is 9.86. The maximum absolute atomic E-state index is 12.5. The Morgan fingerprint density at radius 3 is 1.02 bits per heavy atom. The van der Waals surface area contributed by atoms with Crippen LogP contribution in [0.15, 0.2) is 243 Å². The molecule has 14 rings (SSSR count). The fourth-order valence-corrected chi connectivity index (χ4v) is 14.5. The molecule has 0 aliphatic heterocycles. The molecule has 5 atom stereocenters. The normalized spacial score (nSPS) is 20.9. The molecular formula is C78H74O10. The largest absolute Gasteiger partial charge is 0.480 e. The van der Waals surface area contributed by atoms with E-state index in [-0.39, 0.29) is 29.4 Å². The van der Waals surface area contributed by atoms with Gasteiger partial charge in [-0.15, -0.1) is 0 Å². The molecule has 0 saturated carbocycles. The lowest BCUT2D eigenvalue weighted by atomic mass is 9.72. The Balaban J connectivity index is 0.000000122. The fourth-order valence-electron chi connectivity index (χ4n) is 14.5. The molecule has 9 aromatic rings. The van der Waals surface area contributed by atoms with Gasteiger partial charge >= 0.3 is 17.9 Å². The topological polar surface area (TPSA) is 164 Å². The van der Waals surface area contributed by atoms with E-state index in [2.05, 4.69) is 24.3 Å². The average Bonchev–Trinajstić information content (AvgIpc) is 1.82. The Bertz CT molecular complexity index is 3640. The highest BCUT2D eigenvalue weighted by Gasteiger charge is 2.50. The Hall–Kier alpha value is -9.35. The Kier molecular flexibility index (Phi) is 19.3. The van der Waals surface area contributed by atoms with Crippen molar-refractivity contribution in [3.63, 3.8) is 0 Å². The zero-order valence-electron chi connectivity index (χ0n) is 49.9. The van der Waals surface area contributed by atoms with Crippen molar-refractivity contribution in [1.82, 2.24) is 0 Å². The number of carbonyl (C=O) groups excluding carboxylic acids is 4. The number of Topliss-reactive ketones (excluding diaryl/α,β-unsaturated/α-hetero) is 2. The van der Waals surface area contributed by atoms with Crippen molar-refractivity contribution in [2.24, 2.45) is 0 Å². The molecule has 0 heterocycles. The number of fused-ring (bicyclic) bond motifs is 5. The zero-order valence-corrected chi connectivity index (χ0v) is 49.9. The molecule has 0 fully saturated rings. The van der Waals surface area contributed by atoms with Gasteiger partial charge < -0.3 is 24.8 Å². The number of rotatable bonds is 11. The first-order valence-electron chi connectivity index (χ1n) is 30.3. The first-order valence-corrected chi connectivity index (χ1v) is 30.3. The van der Waals surface area contributed by atoms with Gasteiger partial charge in [0.1, 0.15) is 24.0 Å². The van der Waals surface area contributed by atoms with Crippen LogP contribution in [0.25, 0.3) is 0 Å². The molecule has 10 nitrogen and oxygen atoms in total. The molecule has 3 unspecified atom stereocenters. The molecule has 0 aromatic heterocycles. The molecular weight excluding hydrogens is 1100 g/mol. The van der Waals surface area contributed by atoms with Crippen LogP contribution in [0, 0.1) is 0 Å². The van der Waals surface area contributed by atoms with E-state index in [0.29, 0.717) is 6.42 Å². The number of hydrogen-bond donors (Lipinski definition) is 3. The van der Waals surface area contributed by atoms with Crippen LogP contribution in [0.5, 0.6) is 0 Å². The number of hydrogen-bond acceptors (Lipinski definition) is 9. The number of ether oxygens (including phenoxy) is 2. The van der Waals surface area contributed by atoms with Crippen LogP contribution in [-0.4, -0.2) is 72.2 Å². The molecule has 3 N–H and O–H groups in total. The van der Waals surface area contributed by atoms with Gasteiger partial charge in [0.05, 0.1) is 31.0 Å². The van der Waals surface area contributed by atoms with Crippen molar-refractivity contribution < 1.29 is 48.8 Å². The highest BCUT2D eigenvalue weighted by Crippen LogP contribution is 2.48. The molecule has 0 spiro atoms. The summed E-state index contributed by atoms with van der Waals surface area (Å²) >= 11 is 0. The summed E-state index contributed by atoms with van der Waals surface area (Å²) in [6.07, 6.45) is 8.33. The Morgan fingerprint density at radius 1 is 0.364 bits per heavy atom. The lowest BCUT2D eigenvalue weighted by Gasteiger charge is -2.29. The summed E-state index contributed by atoms with van der Waals surface area (Å²) in [6, 6.07) is 79.3. The predicted octanol–water partition coefficient (Wildman–Crippen LogP) is 12.9. The van der Waals surface area contributed by atoms with Gasteiger partial charge in [-0.1, -0.05) is 243 Å². The van der Waals surface area contributed by atoms with Gasteiger partial charge in [0.15, 0.2) is 11.6 Å². The van der Waals surface area contributed by atoms with Crippen LogP contribution in [0.3, 0.4) is 0 Å². The van der Waals surface area contributed by atoms with Crippen LogP contribution in [0.4, 0.5) is 0 Å². The number of carboxylic acid groups (broad SMARTS) is 1. The summed E-state index contributed by atoms with van der Waals surface area (Å²) in [7, 11) is 2.91. The first-order chi connectivity index (χ1) is 42.9. The second kappa shape index (κ2) is 27.6. The molecule has 5 aliphatic rings. The number of aliphatic hydroxyl groups is 2. The van der Waals surface area contributed by atoms with Gasteiger partial charge in [-0.25, -0.2) is 0 Å². The van der Waals surface area contributed by atoms with E-state index in [1.807, 2.05) is 218 Å². The summed E-state index contributed by atoms with van der Waals surface area (Å²) in [6.45, 7) is -0.827. The first kappa shape index (κ1) is 61.7. The monoisotopic (exact) mass is 1170 g/mol. The lowest BCUT2D eigenvalue weighted by Crippen LogP contribution is -2.37. The van der Waals surface area contributed by atoms with Gasteiger partial charge in [-0.3, -0.25) is 24.0 Å². The Labute approximate surface area is 515 Å². The number of carbonyl (C=O) groups is 5.